The Hall–Kier alpha value is -2.79. The van der Waals surface area contributed by atoms with Crippen LogP contribution in [0.3, 0.4) is 0 Å². The van der Waals surface area contributed by atoms with Gasteiger partial charge in [0.25, 0.3) is 0 Å². The lowest BCUT2D eigenvalue weighted by Crippen LogP contribution is -2.34. The fraction of sp³-hybridized carbons (Fsp3) is 0.227. The Bertz CT molecular complexity index is 869. The molecule has 2 aromatic heterocycles. The Morgan fingerprint density at radius 2 is 1.41 bits per heavy atom. The van der Waals surface area contributed by atoms with Gasteiger partial charge in [-0.1, -0.05) is 18.2 Å². The molecule has 3 aromatic rings. The van der Waals surface area contributed by atoms with Gasteiger partial charge in [-0.2, -0.15) is 0 Å². The van der Waals surface area contributed by atoms with Crippen LogP contribution in [-0.2, 0) is 13.1 Å². The summed E-state index contributed by atoms with van der Waals surface area (Å²) in [5, 5.41) is 4.09. The Morgan fingerprint density at radius 1 is 0.852 bits per heavy atom. The molecule has 0 atom stereocenters. The van der Waals surface area contributed by atoms with Crippen molar-refractivity contribution in [2.75, 3.05) is 5.32 Å². The van der Waals surface area contributed by atoms with Crippen LogP contribution in [0.5, 0.6) is 0 Å². The van der Waals surface area contributed by atoms with Crippen molar-refractivity contribution in [3.63, 3.8) is 0 Å². The van der Waals surface area contributed by atoms with E-state index in [1.165, 1.54) is 16.7 Å². The zero-order valence-electron chi connectivity index (χ0n) is 15.9. The van der Waals surface area contributed by atoms with E-state index in [1.807, 2.05) is 36.4 Å². The quantitative estimate of drug-likeness (QED) is 0.648. The second-order valence-corrected chi connectivity index (χ2v) is 7.07. The van der Waals surface area contributed by atoms with Crippen LogP contribution < -0.4 is 5.32 Å². The fourth-order valence-corrected chi connectivity index (χ4v) is 3.10. The molecule has 0 fully saturated rings. The third-order valence-electron chi connectivity index (χ3n) is 4.53. The molecule has 0 aliphatic rings. The summed E-state index contributed by atoms with van der Waals surface area (Å²) in [6.45, 7) is 7.57. The maximum Gasteiger partial charge on any atom is 0.174 e. The predicted molar refractivity (Wildman–Crippen MR) is 115 cm³/mol. The zero-order chi connectivity index (χ0) is 19.2. The highest BCUT2D eigenvalue weighted by Crippen LogP contribution is 2.21. The van der Waals surface area contributed by atoms with E-state index in [1.54, 1.807) is 12.4 Å². The molecule has 3 rings (SSSR count). The van der Waals surface area contributed by atoms with Crippen molar-refractivity contribution in [2.45, 2.75) is 33.9 Å². The summed E-state index contributed by atoms with van der Waals surface area (Å²) >= 11 is 5.75. The van der Waals surface area contributed by atoms with E-state index in [-0.39, 0.29) is 0 Å². The van der Waals surface area contributed by atoms with Crippen LogP contribution in [0.15, 0.2) is 60.9 Å². The van der Waals surface area contributed by atoms with Gasteiger partial charge in [0.2, 0.25) is 0 Å². The van der Waals surface area contributed by atoms with E-state index in [4.69, 9.17) is 12.2 Å². The monoisotopic (exact) mass is 376 g/mol. The summed E-state index contributed by atoms with van der Waals surface area (Å²) < 4.78 is 0. The van der Waals surface area contributed by atoms with Gasteiger partial charge in [-0.25, -0.2) is 0 Å². The average molecular weight is 377 g/mol. The number of hydrogen-bond donors (Lipinski definition) is 1. The Balaban J connectivity index is 1.82. The van der Waals surface area contributed by atoms with E-state index in [9.17, 15) is 0 Å². The summed E-state index contributed by atoms with van der Waals surface area (Å²) in [6, 6.07) is 16.2. The number of nitrogens with one attached hydrogen (secondary N) is 1. The normalized spacial score (nSPS) is 10.5. The van der Waals surface area contributed by atoms with Gasteiger partial charge in [0.15, 0.2) is 5.11 Å². The number of aromatic nitrogens is 2. The van der Waals surface area contributed by atoms with Crippen LogP contribution in [0.2, 0.25) is 0 Å². The number of nitrogens with zero attached hydrogens (tertiary/aromatic N) is 3. The number of rotatable bonds is 5. The first-order chi connectivity index (χ1) is 13.0. The molecule has 2 heterocycles. The highest BCUT2D eigenvalue weighted by atomic mass is 32.1. The lowest BCUT2D eigenvalue weighted by atomic mass is 10.1. The molecule has 1 aromatic carbocycles. The van der Waals surface area contributed by atoms with Crippen molar-refractivity contribution in [3.8, 4) is 0 Å². The molecule has 0 saturated heterocycles. The first kappa shape index (κ1) is 19.0. The average Bonchev–Trinajstić information content (AvgIpc) is 2.67. The number of benzene rings is 1. The molecule has 0 saturated carbocycles. The van der Waals surface area contributed by atoms with E-state index < -0.39 is 0 Å². The molecule has 0 spiro atoms. The minimum Gasteiger partial charge on any atom is -0.337 e. The molecule has 0 aliphatic carbocycles. The van der Waals surface area contributed by atoms with Crippen molar-refractivity contribution in [2.24, 2.45) is 0 Å². The van der Waals surface area contributed by atoms with E-state index in [0.29, 0.717) is 18.2 Å². The molecule has 27 heavy (non-hydrogen) atoms. The molecule has 138 valence electrons. The fourth-order valence-electron chi connectivity index (χ4n) is 2.86. The number of hydrogen-bond acceptors (Lipinski definition) is 3. The van der Waals surface area contributed by atoms with Crippen molar-refractivity contribution in [3.05, 3.63) is 89.0 Å². The van der Waals surface area contributed by atoms with Crippen LogP contribution in [0, 0.1) is 20.8 Å². The van der Waals surface area contributed by atoms with Crippen LogP contribution in [0.25, 0.3) is 0 Å². The van der Waals surface area contributed by atoms with E-state index >= 15 is 0 Å². The zero-order valence-corrected chi connectivity index (χ0v) is 16.8. The SMILES string of the molecule is Cc1cc(C)c(NC(=S)N(Cc2ccccn2)Cc2ccccn2)cc1C. The topological polar surface area (TPSA) is 41.0 Å². The van der Waals surface area contributed by atoms with Crippen molar-refractivity contribution < 1.29 is 0 Å². The number of aryl methyl sites for hydroxylation is 3. The Morgan fingerprint density at radius 3 is 1.93 bits per heavy atom. The summed E-state index contributed by atoms with van der Waals surface area (Å²) in [6.07, 6.45) is 3.61. The first-order valence-corrected chi connectivity index (χ1v) is 9.37. The molecule has 5 heteroatoms. The van der Waals surface area contributed by atoms with Crippen molar-refractivity contribution >= 4 is 23.0 Å². The van der Waals surface area contributed by atoms with Gasteiger partial charge in [-0.3, -0.25) is 9.97 Å². The third-order valence-corrected chi connectivity index (χ3v) is 4.89. The van der Waals surface area contributed by atoms with Gasteiger partial charge in [-0.05, 0) is 80.0 Å². The van der Waals surface area contributed by atoms with Gasteiger partial charge in [0, 0.05) is 18.1 Å². The van der Waals surface area contributed by atoms with E-state index in [0.717, 1.165) is 17.1 Å². The van der Waals surface area contributed by atoms with Crippen molar-refractivity contribution in [1.29, 1.82) is 0 Å². The number of pyridine rings is 2. The molecule has 1 N–H and O–H groups in total. The van der Waals surface area contributed by atoms with Gasteiger partial charge >= 0.3 is 0 Å². The second kappa shape index (κ2) is 8.73. The van der Waals surface area contributed by atoms with Crippen LogP contribution in [0.4, 0.5) is 5.69 Å². The minimum absolute atomic E-state index is 0.618. The second-order valence-electron chi connectivity index (χ2n) is 6.68. The molecular formula is C22H24N4S. The Labute approximate surface area is 166 Å². The molecule has 0 aliphatic heterocycles. The third kappa shape index (κ3) is 5.11. The minimum atomic E-state index is 0.618. The van der Waals surface area contributed by atoms with Crippen LogP contribution in [-0.4, -0.2) is 20.0 Å². The molecule has 0 radical (unpaired) electrons. The van der Waals surface area contributed by atoms with Crippen LogP contribution in [0.1, 0.15) is 28.1 Å². The predicted octanol–water partition coefficient (Wildman–Crippen LogP) is 4.80. The summed E-state index contributed by atoms with van der Waals surface area (Å²) in [5.74, 6) is 0. The summed E-state index contributed by atoms with van der Waals surface area (Å²) in [4.78, 5) is 11.0. The first-order valence-electron chi connectivity index (χ1n) is 8.96. The molecule has 4 nitrogen and oxygen atoms in total. The molecular weight excluding hydrogens is 352 g/mol. The maximum atomic E-state index is 5.75. The van der Waals surface area contributed by atoms with Gasteiger partial charge in [-0.15, -0.1) is 0 Å². The standard InChI is InChI=1S/C22H24N4S/c1-16-12-18(3)21(13-17(16)2)25-22(27)26(14-19-8-4-6-10-23-19)15-20-9-5-7-11-24-20/h4-13H,14-15H2,1-3H3,(H,25,27). The highest BCUT2D eigenvalue weighted by molar-refractivity contribution is 7.80. The van der Waals surface area contributed by atoms with Gasteiger partial charge in [0.05, 0.1) is 24.5 Å². The summed E-state index contributed by atoms with van der Waals surface area (Å²) in [5.41, 5.74) is 6.67. The van der Waals surface area contributed by atoms with Gasteiger partial charge < -0.3 is 10.2 Å². The molecule has 0 amide bonds. The van der Waals surface area contributed by atoms with E-state index in [2.05, 4.69) is 53.1 Å². The largest absolute Gasteiger partial charge is 0.337 e. The lowest BCUT2D eigenvalue weighted by Gasteiger charge is -2.26. The summed E-state index contributed by atoms with van der Waals surface area (Å²) in [7, 11) is 0. The maximum absolute atomic E-state index is 5.75. The van der Waals surface area contributed by atoms with Crippen molar-refractivity contribution in [1.82, 2.24) is 14.9 Å². The smallest absolute Gasteiger partial charge is 0.174 e. The molecule has 0 unspecified atom stereocenters. The highest BCUT2D eigenvalue weighted by Gasteiger charge is 2.14. The van der Waals surface area contributed by atoms with Crippen LogP contribution >= 0.6 is 12.2 Å². The van der Waals surface area contributed by atoms with Gasteiger partial charge in [0.1, 0.15) is 0 Å². The lowest BCUT2D eigenvalue weighted by molar-refractivity contribution is 0.402. The molecule has 0 bridgehead atoms. The number of thiocarbonyl (C=S) groups is 1. The Kier molecular flexibility index (Phi) is 6.14. The number of anilines is 1.